The maximum Gasteiger partial charge on any atom is 0.0246 e. The Bertz CT molecular complexity index is 617. The lowest BCUT2D eigenvalue weighted by Gasteiger charge is -2.36. The van der Waals surface area contributed by atoms with Crippen LogP contribution in [0.4, 0.5) is 0 Å². The maximum atomic E-state index is 2.57. The molecule has 0 unspecified atom stereocenters. The van der Waals surface area contributed by atoms with Gasteiger partial charge in [-0.1, -0.05) is 24.3 Å². The standard InChI is InChI=1S/C20H26N2/c1-13(2)21-9-15-5-7-17-11-22(14(3)4)12-18-8-6-16(10-21)19(15)20(17)18/h5-8,13-14H,9-12H2,1-4H3. The van der Waals surface area contributed by atoms with Crippen LogP contribution in [0.1, 0.15) is 49.9 Å². The highest BCUT2D eigenvalue weighted by molar-refractivity contribution is 5.95. The van der Waals surface area contributed by atoms with E-state index in [1.807, 2.05) is 0 Å². The van der Waals surface area contributed by atoms with E-state index >= 15 is 0 Å². The first kappa shape index (κ1) is 14.2. The van der Waals surface area contributed by atoms with Crippen LogP contribution in [0.15, 0.2) is 24.3 Å². The van der Waals surface area contributed by atoms with Crippen molar-refractivity contribution in [3.63, 3.8) is 0 Å². The smallest absolute Gasteiger partial charge is 0.0246 e. The monoisotopic (exact) mass is 294 g/mol. The van der Waals surface area contributed by atoms with E-state index in [1.54, 1.807) is 10.8 Å². The molecular weight excluding hydrogens is 268 g/mol. The van der Waals surface area contributed by atoms with Gasteiger partial charge in [0.25, 0.3) is 0 Å². The van der Waals surface area contributed by atoms with E-state index < -0.39 is 0 Å². The van der Waals surface area contributed by atoms with Crippen molar-refractivity contribution >= 4 is 10.8 Å². The molecule has 0 aliphatic carbocycles. The van der Waals surface area contributed by atoms with Crippen molar-refractivity contribution in [1.29, 1.82) is 0 Å². The summed E-state index contributed by atoms with van der Waals surface area (Å²) in [5.41, 5.74) is 6.09. The Hall–Kier alpha value is -1.38. The summed E-state index contributed by atoms with van der Waals surface area (Å²) in [5, 5.41) is 3.13. The molecule has 0 bridgehead atoms. The fourth-order valence-corrected chi connectivity index (χ4v) is 4.03. The number of hydrogen-bond donors (Lipinski definition) is 0. The molecule has 0 radical (unpaired) electrons. The van der Waals surface area contributed by atoms with E-state index in [-0.39, 0.29) is 0 Å². The van der Waals surface area contributed by atoms with Gasteiger partial charge in [-0.3, -0.25) is 9.80 Å². The Kier molecular flexibility index (Phi) is 3.28. The average Bonchev–Trinajstić information content (AvgIpc) is 2.51. The Labute approximate surface area is 133 Å². The van der Waals surface area contributed by atoms with Crippen molar-refractivity contribution in [2.75, 3.05) is 0 Å². The molecule has 2 aromatic carbocycles. The highest BCUT2D eigenvalue weighted by Crippen LogP contribution is 2.38. The minimum atomic E-state index is 0.604. The fourth-order valence-electron chi connectivity index (χ4n) is 4.03. The van der Waals surface area contributed by atoms with Crippen molar-refractivity contribution in [2.24, 2.45) is 0 Å². The third-order valence-corrected chi connectivity index (χ3v) is 5.46. The number of hydrogen-bond acceptors (Lipinski definition) is 2. The van der Waals surface area contributed by atoms with Crippen molar-refractivity contribution in [1.82, 2.24) is 9.80 Å². The van der Waals surface area contributed by atoms with Crippen molar-refractivity contribution in [3.8, 4) is 0 Å². The van der Waals surface area contributed by atoms with E-state index in [9.17, 15) is 0 Å². The molecule has 0 atom stereocenters. The first-order valence-corrected chi connectivity index (χ1v) is 8.58. The molecule has 2 aliphatic rings. The minimum Gasteiger partial charge on any atom is -0.292 e. The molecule has 0 saturated heterocycles. The molecule has 22 heavy (non-hydrogen) atoms. The molecule has 0 fully saturated rings. The van der Waals surface area contributed by atoms with E-state index in [4.69, 9.17) is 0 Å². The third-order valence-electron chi connectivity index (χ3n) is 5.46. The summed E-state index contributed by atoms with van der Waals surface area (Å²) in [6.45, 7) is 13.6. The van der Waals surface area contributed by atoms with Crippen LogP contribution in [-0.4, -0.2) is 21.9 Å². The highest BCUT2D eigenvalue weighted by Gasteiger charge is 2.26. The first-order chi connectivity index (χ1) is 10.5. The Morgan fingerprint density at radius 2 is 0.864 bits per heavy atom. The second-order valence-electron chi connectivity index (χ2n) is 7.52. The van der Waals surface area contributed by atoms with Gasteiger partial charge in [0.15, 0.2) is 0 Å². The van der Waals surface area contributed by atoms with Crippen LogP contribution < -0.4 is 0 Å². The summed E-state index contributed by atoms with van der Waals surface area (Å²) in [5.74, 6) is 0. The van der Waals surface area contributed by atoms with Crippen LogP contribution in [-0.2, 0) is 26.2 Å². The molecule has 0 amide bonds. The summed E-state index contributed by atoms with van der Waals surface area (Å²) >= 11 is 0. The predicted octanol–water partition coefficient (Wildman–Crippen LogP) is 4.29. The topological polar surface area (TPSA) is 6.48 Å². The van der Waals surface area contributed by atoms with Crippen LogP contribution in [0.3, 0.4) is 0 Å². The van der Waals surface area contributed by atoms with Crippen LogP contribution in [0.5, 0.6) is 0 Å². The lowest BCUT2D eigenvalue weighted by molar-refractivity contribution is 0.196. The maximum absolute atomic E-state index is 2.57. The molecule has 2 aliphatic heterocycles. The van der Waals surface area contributed by atoms with E-state index in [0.29, 0.717) is 12.1 Å². The normalized spacial score (nSPS) is 18.6. The van der Waals surface area contributed by atoms with Gasteiger partial charge in [0, 0.05) is 38.3 Å². The van der Waals surface area contributed by atoms with E-state index in [1.165, 1.54) is 22.3 Å². The van der Waals surface area contributed by atoms with Crippen molar-refractivity contribution in [3.05, 3.63) is 46.5 Å². The molecular formula is C20H26N2. The van der Waals surface area contributed by atoms with Crippen molar-refractivity contribution < 1.29 is 0 Å². The lowest BCUT2D eigenvalue weighted by Crippen LogP contribution is -2.35. The van der Waals surface area contributed by atoms with Crippen molar-refractivity contribution in [2.45, 2.75) is 66.0 Å². The van der Waals surface area contributed by atoms with Gasteiger partial charge < -0.3 is 0 Å². The molecule has 0 saturated carbocycles. The molecule has 2 heterocycles. The molecule has 2 aromatic rings. The number of benzene rings is 2. The van der Waals surface area contributed by atoms with E-state index in [2.05, 4.69) is 61.8 Å². The van der Waals surface area contributed by atoms with E-state index in [0.717, 1.165) is 26.2 Å². The zero-order valence-electron chi connectivity index (χ0n) is 14.2. The second-order valence-corrected chi connectivity index (χ2v) is 7.52. The largest absolute Gasteiger partial charge is 0.292 e. The summed E-state index contributed by atoms with van der Waals surface area (Å²) in [6.07, 6.45) is 0. The first-order valence-electron chi connectivity index (χ1n) is 8.58. The van der Waals surface area contributed by atoms with Gasteiger partial charge in [-0.25, -0.2) is 0 Å². The SMILES string of the molecule is CC(C)N1Cc2ccc3c4c(ccc(c24)C1)CN(C(C)C)C3. The molecule has 2 heteroatoms. The number of nitrogens with zero attached hydrogens (tertiary/aromatic N) is 2. The predicted molar refractivity (Wildman–Crippen MR) is 92.7 cm³/mol. The number of rotatable bonds is 2. The summed E-state index contributed by atoms with van der Waals surface area (Å²) in [6, 6.07) is 10.7. The molecule has 116 valence electrons. The highest BCUT2D eigenvalue weighted by atomic mass is 15.2. The van der Waals surface area contributed by atoms with Gasteiger partial charge in [-0.15, -0.1) is 0 Å². The van der Waals surface area contributed by atoms with Crippen LogP contribution in [0.2, 0.25) is 0 Å². The average molecular weight is 294 g/mol. The van der Waals surface area contributed by atoms with Gasteiger partial charge in [0.1, 0.15) is 0 Å². The lowest BCUT2D eigenvalue weighted by atomic mass is 9.86. The van der Waals surface area contributed by atoms with Crippen LogP contribution in [0, 0.1) is 0 Å². The van der Waals surface area contributed by atoms with Gasteiger partial charge in [0.2, 0.25) is 0 Å². The van der Waals surface area contributed by atoms with Crippen LogP contribution in [0.25, 0.3) is 10.8 Å². The second kappa shape index (κ2) is 5.07. The van der Waals surface area contributed by atoms with Gasteiger partial charge >= 0.3 is 0 Å². The molecule has 0 aromatic heterocycles. The molecule has 0 N–H and O–H groups in total. The molecule has 0 spiro atoms. The fraction of sp³-hybridized carbons (Fsp3) is 0.500. The molecule has 2 nitrogen and oxygen atoms in total. The zero-order chi connectivity index (χ0) is 15.4. The van der Waals surface area contributed by atoms with Crippen LogP contribution >= 0.6 is 0 Å². The van der Waals surface area contributed by atoms with Gasteiger partial charge in [-0.05, 0) is 60.7 Å². The van der Waals surface area contributed by atoms with Gasteiger partial charge in [0.05, 0.1) is 0 Å². The Morgan fingerprint density at radius 1 is 0.591 bits per heavy atom. The Balaban J connectivity index is 1.87. The minimum absolute atomic E-state index is 0.604. The molecule has 4 rings (SSSR count). The van der Waals surface area contributed by atoms with Gasteiger partial charge in [-0.2, -0.15) is 0 Å². The summed E-state index contributed by atoms with van der Waals surface area (Å²) in [4.78, 5) is 5.14. The quantitative estimate of drug-likeness (QED) is 0.815. The zero-order valence-corrected chi connectivity index (χ0v) is 14.2. The summed E-state index contributed by atoms with van der Waals surface area (Å²) < 4.78 is 0. The Morgan fingerprint density at radius 3 is 1.09 bits per heavy atom. The third kappa shape index (κ3) is 2.09. The summed E-state index contributed by atoms with van der Waals surface area (Å²) in [7, 11) is 0.